The number of aliphatic hydroxyl groups is 1. The number of halogens is 3. The molecule has 0 saturated carbocycles. The predicted octanol–water partition coefficient (Wildman–Crippen LogP) is 2.67. The molecule has 4 nitrogen and oxygen atoms in total. The van der Waals surface area contributed by atoms with Crippen LogP contribution in [0.15, 0.2) is 18.2 Å². The summed E-state index contributed by atoms with van der Waals surface area (Å²) in [5.74, 6) is -1.82. The van der Waals surface area contributed by atoms with Crippen molar-refractivity contribution in [3.8, 4) is 5.75 Å². The summed E-state index contributed by atoms with van der Waals surface area (Å²) in [4.78, 5) is 11.0. The molecule has 1 aromatic carbocycles. The topological polar surface area (TPSA) is 66.8 Å². The number of benzene rings is 1. The van der Waals surface area contributed by atoms with Crippen LogP contribution in [-0.2, 0) is 16.6 Å². The van der Waals surface area contributed by atoms with Gasteiger partial charge in [0.05, 0.1) is 6.61 Å². The molecule has 0 aromatic heterocycles. The van der Waals surface area contributed by atoms with Crippen molar-refractivity contribution in [3.63, 3.8) is 0 Å². The first-order chi connectivity index (χ1) is 9.99. The van der Waals surface area contributed by atoms with E-state index >= 15 is 0 Å². The second kappa shape index (κ2) is 5.15. The van der Waals surface area contributed by atoms with Gasteiger partial charge in [-0.2, -0.15) is 13.2 Å². The number of carboxylic acids is 1. The third-order valence-electron chi connectivity index (χ3n) is 3.96. The summed E-state index contributed by atoms with van der Waals surface area (Å²) in [5, 5.41) is 18.6. The molecule has 7 heteroatoms. The van der Waals surface area contributed by atoms with Crippen molar-refractivity contribution in [2.45, 2.75) is 43.9 Å². The van der Waals surface area contributed by atoms with Gasteiger partial charge in [0.1, 0.15) is 5.75 Å². The van der Waals surface area contributed by atoms with Gasteiger partial charge in [0.2, 0.25) is 0 Å². The van der Waals surface area contributed by atoms with Gasteiger partial charge in [0.15, 0.2) is 0 Å². The first-order valence-corrected chi connectivity index (χ1v) is 6.77. The molecule has 2 N–H and O–H groups in total. The van der Waals surface area contributed by atoms with Crippen molar-refractivity contribution in [1.29, 1.82) is 0 Å². The summed E-state index contributed by atoms with van der Waals surface area (Å²) < 4.78 is 44.5. The summed E-state index contributed by atoms with van der Waals surface area (Å²) in [6.45, 7) is 3.36. The van der Waals surface area contributed by atoms with Crippen molar-refractivity contribution >= 4 is 5.97 Å². The average molecular weight is 318 g/mol. The summed E-state index contributed by atoms with van der Waals surface area (Å²) in [6, 6.07) is 5.11. The first kappa shape index (κ1) is 16.6. The molecule has 0 aliphatic carbocycles. The van der Waals surface area contributed by atoms with Crippen LogP contribution < -0.4 is 4.74 Å². The van der Waals surface area contributed by atoms with Crippen molar-refractivity contribution in [1.82, 2.24) is 0 Å². The van der Waals surface area contributed by atoms with E-state index in [1.807, 2.05) is 6.07 Å². The Kier molecular flexibility index (Phi) is 3.89. The molecule has 1 unspecified atom stereocenters. The van der Waals surface area contributed by atoms with Gasteiger partial charge >= 0.3 is 12.1 Å². The van der Waals surface area contributed by atoms with Crippen LogP contribution >= 0.6 is 0 Å². The average Bonchev–Trinajstić information content (AvgIpc) is 2.84. The Morgan fingerprint density at radius 1 is 1.32 bits per heavy atom. The van der Waals surface area contributed by atoms with Gasteiger partial charge in [-0.25, -0.2) is 4.79 Å². The quantitative estimate of drug-likeness (QED) is 0.896. The maximum atomic E-state index is 13.0. The maximum Gasteiger partial charge on any atom is 0.428 e. The van der Waals surface area contributed by atoms with Gasteiger partial charge in [-0.1, -0.05) is 32.0 Å². The molecular weight excluding hydrogens is 301 g/mol. The Labute approximate surface area is 125 Å². The molecule has 1 aliphatic heterocycles. The molecule has 1 aromatic rings. The lowest BCUT2D eigenvalue weighted by molar-refractivity contribution is -0.265. The van der Waals surface area contributed by atoms with Crippen LogP contribution in [0.2, 0.25) is 0 Å². The second-order valence-corrected chi connectivity index (χ2v) is 6.12. The number of alkyl halides is 3. The molecule has 122 valence electrons. The van der Waals surface area contributed by atoms with E-state index in [1.165, 1.54) is 13.8 Å². The summed E-state index contributed by atoms with van der Waals surface area (Å²) >= 11 is 0. The van der Waals surface area contributed by atoms with Gasteiger partial charge in [-0.15, -0.1) is 0 Å². The monoisotopic (exact) mass is 318 g/mol. The van der Waals surface area contributed by atoms with Crippen molar-refractivity contribution in [2.75, 3.05) is 6.61 Å². The molecule has 0 saturated heterocycles. The van der Waals surface area contributed by atoms with Crippen LogP contribution in [0, 0.1) is 0 Å². The highest BCUT2D eigenvalue weighted by molar-refractivity contribution is 5.78. The van der Waals surface area contributed by atoms with E-state index in [2.05, 4.69) is 0 Å². The lowest BCUT2D eigenvalue weighted by Crippen LogP contribution is -2.55. The Morgan fingerprint density at radius 3 is 2.50 bits per heavy atom. The fourth-order valence-electron chi connectivity index (χ4n) is 2.78. The van der Waals surface area contributed by atoms with Gasteiger partial charge in [-0.05, 0) is 11.0 Å². The van der Waals surface area contributed by atoms with Crippen LogP contribution in [0.4, 0.5) is 13.2 Å². The highest BCUT2D eigenvalue weighted by atomic mass is 19.4. The Hall–Kier alpha value is -1.76. The lowest BCUT2D eigenvalue weighted by Gasteiger charge is -2.35. The standard InChI is InChI=1S/C15H17F3O4/c1-13(2,8-14(21,12(19)20)15(16,17)18)10-5-3-4-9-6-7-22-11(9)10/h3-5,21H,6-8H2,1-2H3,(H,19,20). The van der Waals surface area contributed by atoms with E-state index in [0.717, 1.165) is 5.56 Å². The van der Waals surface area contributed by atoms with E-state index in [9.17, 15) is 23.1 Å². The minimum Gasteiger partial charge on any atom is -0.493 e. The van der Waals surface area contributed by atoms with Crippen LogP contribution in [0.1, 0.15) is 31.4 Å². The number of para-hydroxylation sites is 1. The Balaban J connectivity index is 2.43. The molecule has 0 amide bonds. The van der Waals surface area contributed by atoms with Gasteiger partial charge in [0, 0.05) is 18.4 Å². The molecule has 22 heavy (non-hydrogen) atoms. The summed E-state index contributed by atoms with van der Waals surface area (Å²) in [5.41, 5.74) is -3.71. The molecule has 0 bridgehead atoms. The third-order valence-corrected chi connectivity index (χ3v) is 3.96. The van der Waals surface area contributed by atoms with E-state index in [-0.39, 0.29) is 0 Å². The van der Waals surface area contributed by atoms with Crippen molar-refractivity contribution < 1.29 is 32.9 Å². The maximum absolute atomic E-state index is 13.0. The van der Waals surface area contributed by atoms with Crippen molar-refractivity contribution in [2.24, 2.45) is 0 Å². The Morgan fingerprint density at radius 2 is 1.95 bits per heavy atom. The normalized spacial score (nSPS) is 17.5. The lowest BCUT2D eigenvalue weighted by atomic mass is 9.74. The number of fused-ring (bicyclic) bond motifs is 1. The zero-order valence-electron chi connectivity index (χ0n) is 12.2. The van der Waals surface area contributed by atoms with Gasteiger partial charge < -0.3 is 14.9 Å². The molecule has 1 heterocycles. The number of carboxylic acid groups (broad SMARTS) is 1. The number of ether oxygens (including phenoxy) is 1. The number of rotatable bonds is 4. The largest absolute Gasteiger partial charge is 0.493 e. The molecule has 0 spiro atoms. The van der Waals surface area contributed by atoms with Crippen LogP contribution in [-0.4, -0.2) is 34.6 Å². The molecule has 0 fully saturated rings. The molecule has 1 atom stereocenters. The molecular formula is C15H17F3O4. The highest BCUT2D eigenvalue weighted by Gasteiger charge is 2.62. The minimum absolute atomic E-state index is 0.435. The molecule has 2 rings (SSSR count). The smallest absolute Gasteiger partial charge is 0.428 e. The third kappa shape index (κ3) is 2.65. The van der Waals surface area contributed by atoms with Crippen LogP contribution in [0.25, 0.3) is 0 Å². The predicted molar refractivity (Wildman–Crippen MR) is 71.9 cm³/mol. The number of hydrogen-bond donors (Lipinski definition) is 2. The fraction of sp³-hybridized carbons (Fsp3) is 0.533. The van der Waals surface area contributed by atoms with Crippen LogP contribution in [0.5, 0.6) is 5.75 Å². The fourth-order valence-corrected chi connectivity index (χ4v) is 2.78. The van der Waals surface area contributed by atoms with Gasteiger partial charge in [0.25, 0.3) is 5.60 Å². The summed E-state index contributed by atoms with van der Waals surface area (Å²) in [6.07, 6.45) is -5.62. The van der Waals surface area contributed by atoms with E-state index in [4.69, 9.17) is 9.84 Å². The molecule has 1 aliphatic rings. The van der Waals surface area contributed by atoms with E-state index < -0.39 is 29.6 Å². The number of hydrogen-bond acceptors (Lipinski definition) is 3. The number of carbonyl (C=O) groups is 1. The molecule has 0 radical (unpaired) electrons. The van der Waals surface area contributed by atoms with Crippen molar-refractivity contribution in [3.05, 3.63) is 29.3 Å². The zero-order valence-corrected chi connectivity index (χ0v) is 12.2. The second-order valence-electron chi connectivity index (χ2n) is 6.12. The van der Waals surface area contributed by atoms with Gasteiger partial charge in [-0.3, -0.25) is 0 Å². The SMILES string of the molecule is CC(C)(CC(O)(C(=O)O)C(F)(F)F)c1cccc2c1OCC2. The van der Waals surface area contributed by atoms with Crippen LogP contribution in [0.3, 0.4) is 0 Å². The summed E-state index contributed by atoms with van der Waals surface area (Å²) in [7, 11) is 0. The minimum atomic E-state index is -5.27. The van der Waals surface area contributed by atoms with E-state index in [0.29, 0.717) is 24.3 Å². The number of aliphatic carboxylic acids is 1. The first-order valence-electron chi connectivity index (χ1n) is 6.77. The Bertz CT molecular complexity index is 595. The zero-order chi connectivity index (χ0) is 16.8. The van der Waals surface area contributed by atoms with E-state index in [1.54, 1.807) is 12.1 Å². The highest BCUT2D eigenvalue weighted by Crippen LogP contribution is 2.45.